The fourth-order valence-corrected chi connectivity index (χ4v) is 3.48. The van der Waals surface area contributed by atoms with Gasteiger partial charge in [-0.2, -0.15) is 0 Å². The first-order valence-electron chi connectivity index (χ1n) is 6.68. The molecular formula is C16H13N3OS. The maximum atomic E-state index is 5.31. The van der Waals surface area contributed by atoms with Crippen LogP contribution in [0.2, 0.25) is 0 Å². The molecule has 0 saturated heterocycles. The van der Waals surface area contributed by atoms with Crippen molar-refractivity contribution in [3.05, 3.63) is 54.4 Å². The Labute approximate surface area is 126 Å². The van der Waals surface area contributed by atoms with Crippen molar-refractivity contribution in [2.45, 2.75) is 10.6 Å². The summed E-state index contributed by atoms with van der Waals surface area (Å²) < 4.78 is 7.45. The number of aromatic nitrogens is 3. The Bertz CT molecular complexity index is 799. The highest BCUT2D eigenvalue weighted by molar-refractivity contribution is 7.98. The molecule has 0 atom stereocenters. The van der Waals surface area contributed by atoms with E-state index < -0.39 is 0 Å². The van der Waals surface area contributed by atoms with Gasteiger partial charge >= 0.3 is 0 Å². The van der Waals surface area contributed by atoms with Crippen molar-refractivity contribution in [2.24, 2.45) is 0 Å². The van der Waals surface area contributed by atoms with E-state index in [1.54, 1.807) is 18.9 Å². The van der Waals surface area contributed by atoms with Crippen molar-refractivity contribution in [1.82, 2.24) is 14.8 Å². The highest BCUT2D eigenvalue weighted by atomic mass is 32.2. The summed E-state index contributed by atoms with van der Waals surface area (Å²) in [6.07, 6.45) is 0. The van der Waals surface area contributed by atoms with Crippen LogP contribution in [0.25, 0.3) is 17.1 Å². The largest absolute Gasteiger partial charge is 0.497 e. The van der Waals surface area contributed by atoms with Crippen molar-refractivity contribution in [3.8, 4) is 22.8 Å². The van der Waals surface area contributed by atoms with Gasteiger partial charge in [0.1, 0.15) is 11.6 Å². The number of ether oxygens (including phenoxy) is 1. The molecule has 0 spiro atoms. The number of nitrogens with zero attached hydrogens (tertiary/aromatic N) is 3. The van der Waals surface area contributed by atoms with Crippen LogP contribution in [0.5, 0.6) is 5.75 Å². The Balaban J connectivity index is 1.91. The molecule has 2 aromatic carbocycles. The van der Waals surface area contributed by atoms with Gasteiger partial charge in [-0.25, -0.2) is 0 Å². The van der Waals surface area contributed by atoms with Gasteiger partial charge in [0.15, 0.2) is 5.82 Å². The summed E-state index contributed by atoms with van der Waals surface area (Å²) in [5.74, 6) is 3.56. The molecule has 0 unspecified atom stereocenters. The van der Waals surface area contributed by atoms with Gasteiger partial charge in [-0.05, 0) is 18.2 Å². The second kappa shape index (κ2) is 4.93. The summed E-state index contributed by atoms with van der Waals surface area (Å²) in [5, 5.41) is 8.71. The summed E-state index contributed by atoms with van der Waals surface area (Å²) in [6, 6.07) is 16.3. The molecule has 0 radical (unpaired) electrons. The normalized spacial score (nSPS) is 12.6. The average Bonchev–Trinajstić information content (AvgIpc) is 2.99. The van der Waals surface area contributed by atoms with E-state index in [9.17, 15) is 0 Å². The molecule has 0 bridgehead atoms. The lowest BCUT2D eigenvalue weighted by atomic mass is 10.2. The Morgan fingerprint density at radius 3 is 2.76 bits per heavy atom. The molecule has 4 nitrogen and oxygen atoms in total. The molecule has 104 valence electrons. The minimum Gasteiger partial charge on any atom is -0.497 e. The lowest BCUT2D eigenvalue weighted by molar-refractivity contribution is 0.413. The molecule has 0 saturated carbocycles. The molecule has 1 aromatic heterocycles. The van der Waals surface area contributed by atoms with Crippen molar-refractivity contribution >= 4 is 11.8 Å². The van der Waals surface area contributed by atoms with Crippen molar-refractivity contribution in [2.75, 3.05) is 7.11 Å². The predicted octanol–water partition coefficient (Wildman–Crippen LogP) is 3.55. The van der Waals surface area contributed by atoms with Crippen LogP contribution in [-0.4, -0.2) is 21.9 Å². The van der Waals surface area contributed by atoms with Gasteiger partial charge in [0, 0.05) is 10.5 Å². The minimum atomic E-state index is 0.819. The Morgan fingerprint density at radius 1 is 1.10 bits per heavy atom. The van der Waals surface area contributed by atoms with E-state index in [-0.39, 0.29) is 0 Å². The molecule has 0 amide bonds. The first-order chi connectivity index (χ1) is 10.4. The fraction of sp³-hybridized carbons (Fsp3) is 0.125. The van der Waals surface area contributed by atoms with Crippen LogP contribution >= 0.6 is 11.8 Å². The highest BCUT2D eigenvalue weighted by Gasteiger charge is 2.22. The van der Waals surface area contributed by atoms with Gasteiger partial charge in [-0.15, -0.1) is 22.0 Å². The van der Waals surface area contributed by atoms with Crippen LogP contribution < -0.4 is 4.74 Å². The van der Waals surface area contributed by atoms with E-state index in [1.807, 2.05) is 24.3 Å². The lowest BCUT2D eigenvalue weighted by Gasteiger charge is -2.19. The molecule has 0 N–H and O–H groups in total. The van der Waals surface area contributed by atoms with Crippen molar-refractivity contribution < 1.29 is 4.74 Å². The van der Waals surface area contributed by atoms with E-state index in [0.29, 0.717) is 0 Å². The summed E-state index contributed by atoms with van der Waals surface area (Å²) in [4.78, 5) is 1.19. The van der Waals surface area contributed by atoms with Crippen LogP contribution in [0, 0.1) is 0 Å². The zero-order chi connectivity index (χ0) is 14.2. The SMILES string of the molecule is COc1ccc2c(c1)SCc1nnc(-c3ccccc3)n1-2. The Kier molecular flexibility index (Phi) is 2.93. The number of hydrogen-bond acceptors (Lipinski definition) is 4. The van der Waals surface area contributed by atoms with Gasteiger partial charge in [0.2, 0.25) is 0 Å². The molecular weight excluding hydrogens is 282 g/mol. The van der Waals surface area contributed by atoms with Crippen LogP contribution in [0.3, 0.4) is 0 Å². The summed E-state index contributed by atoms with van der Waals surface area (Å²) in [7, 11) is 1.69. The fourth-order valence-electron chi connectivity index (χ4n) is 2.50. The van der Waals surface area contributed by atoms with E-state index >= 15 is 0 Å². The number of thioether (sulfide) groups is 1. The Hall–Kier alpha value is -2.27. The van der Waals surface area contributed by atoms with Crippen molar-refractivity contribution in [1.29, 1.82) is 0 Å². The van der Waals surface area contributed by atoms with Gasteiger partial charge < -0.3 is 4.74 Å². The third-order valence-electron chi connectivity index (χ3n) is 3.53. The highest BCUT2D eigenvalue weighted by Crippen LogP contribution is 2.38. The zero-order valence-corrected chi connectivity index (χ0v) is 12.3. The number of methoxy groups -OCH3 is 1. The van der Waals surface area contributed by atoms with Crippen LogP contribution in [0.15, 0.2) is 53.4 Å². The second-order valence-electron chi connectivity index (χ2n) is 4.76. The molecule has 2 heterocycles. The van der Waals surface area contributed by atoms with E-state index in [4.69, 9.17) is 4.74 Å². The number of benzene rings is 2. The first-order valence-corrected chi connectivity index (χ1v) is 7.66. The number of fused-ring (bicyclic) bond motifs is 3. The molecule has 5 heteroatoms. The summed E-state index contributed by atoms with van der Waals surface area (Å²) in [5.41, 5.74) is 2.19. The smallest absolute Gasteiger partial charge is 0.168 e. The standard InChI is InChI=1S/C16H13N3OS/c1-20-12-7-8-13-14(9-12)21-10-15-17-18-16(19(13)15)11-5-3-2-4-6-11/h2-9H,10H2,1H3. The average molecular weight is 295 g/mol. The van der Waals surface area contributed by atoms with E-state index in [0.717, 1.165) is 34.4 Å². The van der Waals surface area contributed by atoms with Crippen molar-refractivity contribution in [3.63, 3.8) is 0 Å². The third kappa shape index (κ3) is 2.01. The zero-order valence-electron chi connectivity index (χ0n) is 11.5. The monoisotopic (exact) mass is 295 g/mol. The Morgan fingerprint density at radius 2 is 1.95 bits per heavy atom. The van der Waals surface area contributed by atoms with Gasteiger partial charge in [0.25, 0.3) is 0 Å². The van der Waals surface area contributed by atoms with Gasteiger partial charge in [0.05, 0.1) is 18.6 Å². The quantitative estimate of drug-likeness (QED) is 0.725. The lowest BCUT2D eigenvalue weighted by Crippen LogP contribution is -2.08. The molecule has 4 rings (SSSR count). The van der Waals surface area contributed by atoms with Gasteiger partial charge in [-0.1, -0.05) is 30.3 Å². The third-order valence-corrected chi connectivity index (χ3v) is 4.57. The second-order valence-corrected chi connectivity index (χ2v) is 5.78. The molecule has 0 fully saturated rings. The molecule has 21 heavy (non-hydrogen) atoms. The maximum absolute atomic E-state index is 5.31. The number of hydrogen-bond donors (Lipinski definition) is 0. The molecule has 1 aliphatic rings. The first kappa shape index (κ1) is 12.5. The van der Waals surface area contributed by atoms with E-state index in [2.05, 4.69) is 39.0 Å². The number of rotatable bonds is 2. The maximum Gasteiger partial charge on any atom is 0.168 e. The van der Waals surface area contributed by atoms with Crippen LogP contribution in [-0.2, 0) is 5.75 Å². The van der Waals surface area contributed by atoms with Crippen LogP contribution in [0.4, 0.5) is 0 Å². The summed E-state index contributed by atoms with van der Waals surface area (Å²) in [6.45, 7) is 0. The topological polar surface area (TPSA) is 39.9 Å². The molecule has 0 aliphatic carbocycles. The van der Waals surface area contributed by atoms with Gasteiger partial charge in [-0.3, -0.25) is 4.57 Å². The molecule has 1 aliphatic heterocycles. The molecule has 3 aromatic rings. The summed E-state index contributed by atoms with van der Waals surface area (Å²) >= 11 is 1.77. The van der Waals surface area contributed by atoms with E-state index in [1.165, 1.54) is 4.90 Å². The minimum absolute atomic E-state index is 0.819. The van der Waals surface area contributed by atoms with Crippen LogP contribution in [0.1, 0.15) is 5.82 Å². The predicted molar refractivity (Wildman–Crippen MR) is 82.9 cm³/mol.